The maximum atomic E-state index is 13.1. The zero-order chi connectivity index (χ0) is 12.2. The average molecular weight is 225 g/mol. The molecule has 1 N–H and O–H groups in total. The number of hydrogen-bond donors (Lipinski definition) is 1. The van der Waals surface area contributed by atoms with Gasteiger partial charge >= 0.3 is 0 Å². The Morgan fingerprint density at radius 1 is 1.38 bits per heavy atom. The van der Waals surface area contributed by atoms with Gasteiger partial charge in [-0.1, -0.05) is 13.0 Å². The van der Waals surface area contributed by atoms with Crippen molar-refractivity contribution in [1.82, 2.24) is 5.32 Å². The Morgan fingerprint density at radius 2 is 2.06 bits per heavy atom. The van der Waals surface area contributed by atoms with Crippen LogP contribution in [-0.4, -0.2) is 18.7 Å². The quantitative estimate of drug-likeness (QED) is 0.832. The highest BCUT2D eigenvalue weighted by Crippen LogP contribution is 2.23. The Bertz CT molecular complexity index is 350. The number of aryl methyl sites for hydroxylation is 1. The predicted molar refractivity (Wildman–Crippen MR) is 64.4 cm³/mol. The van der Waals surface area contributed by atoms with Crippen molar-refractivity contribution in [3.63, 3.8) is 0 Å². The molecule has 0 aromatic heterocycles. The molecule has 1 aromatic carbocycles. The van der Waals surface area contributed by atoms with Gasteiger partial charge in [0.05, 0.1) is 0 Å². The van der Waals surface area contributed by atoms with E-state index in [0.29, 0.717) is 5.75 Å². The molecule has 0 amide bonds. The third-order valence-corrected chi connectivity index (χ3v) is 2.34. The molecule has 1 rings (SSSR count). The lowest BCUT2D eigenvalue weighted by atomic mass is 10.1. The van der Waals surface area contributed by atoms with Crippen molar-refractivity contribution in [3.05, 3.63) is 29.6 Å². The van der Waals surface area contributed by atoms with Crippen LogP contribution in [0.1, 0.15) is 26.3 Å². The van der Waals surface area contributed by atoms with Gasteiger partial charge in [-0.2, -0.15) is 0 Å². The van der Waals surface area contributed by atoms with Crippen molar-refractivity contribution >= 4 is 0 Å². The largest absolute Gasteiger partial charge is 0.486 e. The first kappa shape index (κ1) is 13.0. The molecule has 1 aromatic rings. The summed E-state index contributed by atoms with van der Waals surface area (Å²) in [4.78, 5) is 0. The van der Waals surface area contributed by atoms with Gasteiger partial charge in [0.15, 0.2) is 0 Å². The summed E-state index contributed by atoms with van der Waals surface area (Å²) in [5.41, 5.74) is 0.611. The molecule has 2 nitrogen and oxygen atoms in total. The van der Waals surface area contributed by atoms with Crippen molar-refractivity contribution in [2.24, 2.45) is 0 Å². The van der Waals surface area contributed by atoms with E-state index in [-0.39, 0.29) is 11.4 Å². The highest BCUT2D eigenvalue weighted by molar-refractivity contribution is 5.33. The molecule has 0 saturated carbocycles. The standard InChI is InChI=1S/C13H20FNO/c1-5-15-9-13(3,4)16-12-8-11(14)7-6-10(12)2/h6-8,15H,5,9H2,1-4H3. The summed E-state index contributed by atoms with van der Waals surface area (Å²) in [6, 6.07) is 4.61. The third kappa shape index (κ3) is 3.81. The molecular formula is C13H20FNO. The fourth-order valence-corrected chi connectivity index (χ4v) is 1.44. The molecule has 0 aliphatic carbocycles. The van der Waals surface area contributed by atoms with E-state index in [1.165, 1.54) is 12.1 Å². The maximum absolute atomic E-state index is 13.1. The fourth-order valence-electron chi connectivity index (χ4n) is 1.44. The number of rotatable bonds is 5. The molecule has 0 spiro atoms. The van der Waals surface area contributed by atoms with E-state index in [2.05, 4.69) is 5.32 Å². The van der Waals surface area contributed by atoms with Crippen LogP contribution in [0.4, 0.5) is 4.39 Å². The van der Waals surface area contributed by atoms with E-state index in [0.717, 1.165) is 18.7 Å². The van der Waals surface area contributed by atoms with Gasteiger partial charge in [-0.05, 0) is 38.9 Å². The van der Waals surface area contributed by atoms with E-state index < -0.39 is 0 Å². The van der Waals surface area contributed by atoms with E-state index >= 15 is 0 Å². The van der Waals surface area contributed by atoms with Crippen LogP contribution in [0, 0.1) is 12.7 Å². The van der Waals surface area contributed by atoms with Gasteiger partial charge in [-0.3, -0.25) is 0 Å². The molecule has 0 fully saturated rings. The second kappa shape index (κ2) is 5.30. The van der Waals surface area contributed by atoms with E-state index in [4.69, 9.17) is 4.74 Å². The molecule has 0 bridgehead atoms. The molecular weight excluding hydrogens is 205 g/mol. The van der Waals surface area contributed by atoms with Crippen molar-refractivity contribution in [2.75, 3.05) is 13.1 Å². The summed E-state index contributed by atoms with van der Waals surface area (Å²) in [5, 5.41) is 3.22. The fraction of sp³-hybridized carbons (Fsp3) is 0.538. The lowest BCUT2D eigenvalue weighted by Crippen LogP contribution is -2.40. The Kier molecular flexibility index (Phi) is 4.30. The minimum absolute atomic E-state index is 0.264. The molecule has 90 valence electrons. The van der Waals surface area contributed by atoms with Gasteiger partial charge in [-0.25, -0.2) is 4.39 Å². The van der Waals surface area contributed by atoms with Crippen LogP contribution in [-0.2, 0) is 0 Å². The minimum Gasteiger partial charge on any atom is -0.486 e. The molecule has 0 unspecified atom stereocenters. The summed E-state index contributed by atoms with van der Waals surface area (Å²) in [7, 11) is 0. The lowest BCUT2D eigenvalue weighted by Gasteiger charge is -2.27. The first-order valence-corrected chi connectivity index (χ1v) is 5.60. The van der Waals surface area contributed by atoms with E-state index in [1.807, 2.05) is 27.7 Å². The smallest absolute Gasteiger partial charge is 0.126 e. The monoisotopic (exact) mass is 225 g/mol. The summed E-state index contributed by atoms with van der Waals surface area (Å²) >= 11 is 0. The topological polar surface area (TPSA) is 21.3 Å². The number of hydrogen-bond acceptors (Lipinski definition) is 2. The summed E-state index contributed by atoms with van der Waals surface area (Å²) < 4.78 is 18.9. The van der Waals surface area contributed by atoms with E-state index in [9.17, 15) is 4.39 Å². The minimum atomic E-state index is -0.339. The number of nitrogens with one attached hydrogen (secondary N) is 1. The summed E-state index contributed by atoms with van der Waals surface area (Å²) in [6.07, 6.45) is 0. The zero-order valence-electron chi connectivity index (χ0n) is 10.4. The Hall–Kier alpha value is -1.09. The van der Waals surface area contributed by atoms with Gasteiger partial charge in [0.2, 0.25) is 0 Å². The molecule has 0 aliphatic heterocycles. The van der Waals surface area contributed by atoms with Crippen LogP contribution in [0.5, 0.6) is 5.75 Å². The molecule has 16 heavy (non-hydrogen) atoms. The predicted octanol–water partition coefficient (Wildman–Crippen LogP) is 2.90. The Balaban J connectivity index is 2.74. The highest BCUT2D eigenvalue weighted by atomic mass is 19.1. The number of halogens is 1. The van der Waals surface area contributed by atoms with Gasteiger partial charge < -0.3 is 10.1 Å². The van der Waals surface area contributed by atoms with Crippen LogP contribution in [0.15, 0.2) is 18.2 Å². The first-order chi connectivity index (χ1) is 7.44. The van der Waals surface area contributed by atoms with Crippen LogP contribution in [0.2, 0.25) is 0 Å². The maximum Gasteiger partial charge on any atom is 0.126 e. The third-order valence-electron chi connectivity index (χ3n) is 2.34. The van der Waals surface area contributed by atoms with Crippen molar-refractivity contribution in [2.45, 2.75) is 33.3 Å². The molecule has 0 aliphatic rings. The number of likely N-dealkylation sites (N-methyl/N-ethyl adjacent to an activating group) is 1. The van der Waals surface area contributed by atoms with Crippen LogP contribution in [0.25, 0.3) is 0 Å². The lowest BCUT2D eigenvalue weighted by molar-refractivity contribution is 0.107. The van der Waals surface area contributed by atoms with Gasteiger partial charge in [0.1, 0.15) is 17.2 Å². The van der Waals surface area contributed by atoms with Crippen molar-refractivity contribution < 1.29 is 9.13 Å². The summed E-state index contributed by atoms with van der Waals surface area (Å²) in [5.74, 6) is 0.350. The molecule has 0 atom stereocenters. The molecule has 0 heterocycles. The Labute approximate surface area is 96.8 Å². The highest BCUT2D eigenvalue weighted by Gasteiger charge is 2.20. The zero-order valence-corrected chi connectivity index (χ0v) is 10.4. The van der Waals surface area contributed by atoms with Gasteiger partial charge in [0.25, 0.3) is 0 Å². The number of benzene rings is 1. The molecule has 3 heteroatoms. The van der Waals surface area contributed by atoms with Crippen molar-refractivity contribution in [1.29, 1.82) is 0 Å². The average Bonchev–Trinajstić information content (AvgIpc) is 2.20. The Morgan fingerprint density at radius 3 is 2.69 bits per heavy atom. The number of ether oxygens (including phenoxy) is 1. The normalized spacial score (nSPS) is 11.6. The summed E-state index contributed by atoms with van der Waals surface area (Å²) in [6.45, 7) is 9.57. The van der Waals surface area contributed by atoms with Crippen molar-refractivity contribution in [3.8, 4) is 5.75 Å². The SMILES string of the molecule is CCNCC(C)(C)Oc1cc(F)ccc1C. The van der Waals surface area contributed by atoms with Crippen LogP contribution < -0.4 is 10.1 Å². The van der Waals surface area contributed by atoms with Crippen LogP contribution in [0.3, 0.4) is 0 Å². The van der Waals surface area contributed by atoms with Gasteiger partial charge in [0, 0.05) is 12.6 Å². The van der Waals surface area contributed by atoms with Crippen LogP contribution >= 0.6 is 0 Å². The second-order valence-electron chi connectivity index (χ2n) is 4.55. The first-order valence-electron chi connectivity index (χ1n) is 5.60. The molecule has 0 radical (unpaired) electrons. The van der Waals surface area contributed by atoms with Gasteiger partial charge in [-0.15, -0.1) is 0 Å². The second-order valence-corrected chi connectivity index (χ2v) is 4.55. The molecule has 0 saturated heterocycles. The van der Waals surface area contributed by atoms with E-state index in [1.54, 1.807) is 6.07 Å².